The van der Waals surface area contributed by atoms with E-state index < -0.39 is 69.5 Å². The highest BCUT2D eigenvalue weighted by Gasteiger charge is 2.68. The van der Waals surface area contributed by atoms with Crippen LogP contribution in [-0.4, -0.2) is 146 Å². The number of nitrogens with zero attached hydrogens (tertiary/aromatic N) is 5. The fraction of sp³-hybridized carbons (Fsp3) is 0.594. The molecule has 456 valence electrons. The predicted octanol–water partition coefficient (Wildman–Crippen LogP) is 6.96. The highest BCUT2D eigenvalue weighted by atomic mass is 19.1. The van der Waals surface area contributed by atoms with Crippen LogP contribution in [-0.2, 0) is 23.8 Å². The van der Waals surface area contributed by atoms with Crippen molar-refractivity contribution in [3.8, 4) is 11.5 Å². The molecule has 0 radical (unpaired) electrons. The molecule has 6 aliphatic carbocycles. The van der Waals surface area contributed by atoms with E-state index in [4.69, 9.17) is 23.7 Å². The Morgan fingerprint density at radius 2 is 1.32 bits per heavy atom. The zero-order valence-electron chi connectivity index (χ0n) is 50.1. The van der Waals surface area contributed by atoms with Crippen LogP contribution in [0, 0.1) is 67.9 Å². The summed E-state index contributed by atoms with van der Waals surface area (Å²) in [6.07, 6.45) is 10.0. The van der Waals surface area contributed by atoms with E-state index in [1.165, 1.54) is 28.1 Å². The molecular weight excluding hydrogens is 1100 g/mol. The number of rotatable bonds is 15. The Labute approximate surface area is 491 Å². The minimum atomic E-state index is -1.70. The summed E-state index contributed by atoms with van der Waals surface area (Å²) in [6.45, 7) is 14.3. The van der Waals surface area contributed by atoms with Gasteiger partial charge in [0.25, 0.3) is 0 Å². The number of hydrogen-bond donors (Lipinski definition) is 3. The molecule has 8 aliphatic rings. The summed E-state index contributed by atoms with van der Waals surface area (Å²) in [5, 5.41) is 27.4. The molecule has 3 N–H and O–H groups in total. The Morgan fingerprint density at radius 3 is 1.85 bits per heavy atom. The molecule has 4 heterocycles. The first kappa shape index (κ1) is 58.8. The van der Waals surface area contributed by atoms with Crippen molar-refractivity contribution < 1.29 is 61.9 Å². The van der Waals surface area contributed by atoms with Crippen molar-refractivity contribution in [2.45, 2.75) is 136 Å². The third-order valence-corrected chi connectivity index (χ3v) is 21.1. The van der Waals surface area contributed by atoms with E-state index in [1.807, 2.05) is 43.8 Å². The molecule has 12 rings (SSSR count). The number of hydrogen-bond acceptors (Lipinski definition) is 17. The molecule has 21 heteroatoms. The summed E-state index contributed by atoms with van der Waals surface area (Å²) in [6, 6.07) is -0.493. The third-order valence-electron chi connectivity index (χ3n) is 21.1. The van der Waals surface area contributed by atoms with Crippen LogP contribution < -0.4 is 35.4 Å². The fourth-order valence-corrected chi connectivity index (χ4v) is 16.5. The number of carbonyl (C=O) groups is 4. The molecule has 7 fully saturated rings. The van der Waals surface area contributed by atoms with Crippen LogP contribution >= 0.6 is 0 Å². The largest absolute Gasteiger partial charge is 0.492 e. The maximum atomic E-state index is 17.3. The van der Waals surface area contributed by atoms with Crippen LogP contribution in [0.25, 0.3) is 21.8 Å². The number of pyridine rings is 2. The van der Waals surface area contributed by atoms with Gasteiger partial charge in [-0.25, -0.2) is 18.4 Å². The van der Waals surface area contributed by atoms with Gasteiger partial charge in [0.1, 0.15) is 34.7 Å². The molecule has 0 bridgehead atoms. The molecule has 8 atom stereocenters. The lowest BCUT2D eigenvalue weighted by molar-refractivity contribution is -0.180. The summed E-state index contributed by atoms with van der Waals surface area (Å²) in [7, 11) is 2.84. The number of methoxy groups -OCH3 is 2. The minimum absolute atomic E-state index is 0.000492. The molecule has 0 spiro atoms. The first-order valence-electron chi connectivity index (χ1n) is 30.2. The van der Waals surface area contributed by atoms with Crippen molar-refractivity contribution in [1.82, 2.24) is 19.4 Å². The second kappa shape index (κ2) is 21.7. The lowest BCUT2D eigenvalue weighted by atomic mass is 9.46. The van der Waals surface area contributed by atoms with E-state index in [-0.39, 0.29) is 135 Å². The Balaban J connectivity index is 0.741. The van der Waals surface area contributed by atoms with Gasteiger partial charge in [-0.2, -0.15) is 0 Å². The Kier molecular flexibility index (Phi) is 15.0. The molecule has 0 amide bonds. The van der Waals surface area contributed by atoms with Gasteiger partial charge in [0.05, 0.1) is 48.9 Å². The number of carbonyl (C=O) groups excluding carboxylic acids is 4. The van der Waals surface area contributed by atoms with Crippen LogP contribution in [0.4, 0.5) is 20.2 Å². The SMILES string of the molecule is COc1c(N2CCNCC2)c(F)c(C)c2c(=O)c(C(=O)OCOC(=O)c3c(C)n(C4CC4)c4c(OC)c(N5CCN(COCC(=O)[C@@]6(O)CC[C@H]7[C@@H]8CCC9=CC(=O)C=C[C@]9(C)[C@H]8[C@@H](O)C[C@@]76C)C(C)C5)c(F)c(C)c4c3=O)c(C)n(C3CC3)c12. The maximum Gasteiger partial charge on any atom is 0.346 e. The van der Waals surface area contributed by atoms with E-state index in [2.05, 4.69) is 12.2 Å². The highest BCUT2D eigenvalue weighted by molar-refractivity contribution is 6.03. The van der Waals surface area contributed by atoms with Gasteiger partial charge < -0.3 is 58.1 Å². The molecule has 85 heavy (non-hydrogen) atoms. The van der Waals surface area contributed by atoms with Gasteiger partial charge >= 0.3 is 11.9 Å². The number of allylic oxidation sites excluding steroid dienone is 4. The van der Waals surface area contributed by atoms with Crippen molar-refractivity contribution in [3.63, 3.8) is 0 Å². The summed E-state index contributed by atoms with van der Waals surface area (Å²) in [4.78, 5) is 89.7. The number of Topliss-reactive ketones (excluding diaryl/α,β-unsaturated/α-hetero) is 1. The van der Waals surface area contributed by atoms with Crippen molar-refractivity contribution in [2.75, 3.05) is 90.0 Å². The zero-order chi connectivity index (χ0) is 60.5. The lowest BCUT2D eigenvalue weighted by Crippen LogP contribution is -2.61. The smallest absolute Gasteiger partial charge is 0.346 e. The van der Waals surface area contributed by atoms with Crippen LogP contribution in [0.3, 0.4) is 0 Å². The minimum Gasteiger partial charge on any atom is -0.492 e. The second-order valence-electron chi connectivity index (χ2n) is 25.7. The number of anilines is 2. The first-order chi connectivity index (χ1) is 40.5. The van der Waals surface area contributed by atoms with Crippen molar-refractivity contribution >= 4 is 56.7 Å². The number of aromatic nitrogens is 2. The monoisotopic (exact) mass is 1180 g/mol. The Morgan fingerprint density at radius 1 is 0.765 bits per heavy atom. The van der Waals surface area contributed by atoms with Crippen molar-refractivity contribution in [3.05, 3.63) is 89.5 Å². The normalized spacial score (nSPS) is 28.5. The zero-order valence-corrected chi connectivity index (χ0v) is 50.1. The van der Waals surface area contributed by atoms with E-state index in [1.54, 1.807) is 26.0 Å². The topological polar surface area (TPSA) is 221 Å². The number of aryl methyl sites for hydroxylation is 2. The van der Waals surface area contributed by atoms with Gasteiger partial charge in [0.2, 0.25) is 17.7 Å². The number of fused-ring (bicyclic) bond motifs is 7. The van der Waals surface area contributed by atoms with Crippen LogP contribution in [0.2, 0.25) is 0 Å². The van der Waals surface area contributed by atoms with Crippen LogP contribution in [0.15, 0.2) is 33.4 Å². The van der Waals surface area contributed by atoms with Crippen molar-refractivity contribution in [1.29, 1.82) is 0 Å². The van der Waals surface area contributed by atoms with E-state index >= 15 is 8.78 Å². The molecule has 2 aliphatic heterocycles. The van der Waals surface area contributed by atoms with Crippen LogP contribution in [0.5, 0.6) is 11.5 Å². The number of nitrogens with one attached hydrogen (secondary N) is 1. The molecular formula is C64H78F2N6O13. The standard InChI is InChI=1S/C64H78F2N6O13/c1-32-28-69(24-25-70(32)30-83-29-44(75)64(80)19-17-42-41-15-10-37-26-40(73)16-18-62(37,6)49(41)43(74)27-63(42,64)7)55-51(66)34(3)46-53(59(55)82-9)72(39-13-14-39)36(5)48(57(46)77)61(79)85-31-84-60(78)47-35(4)71(38-11-12-38)52-45(56(47)76)33(2)50(65)54(58(52)81-8)68-22-20-67-21-23-68/h16,18,26,32,38-39,41-43,49,67,74,80H,10-15,17,19-25,27-31H2,1-9H3/t32?,41-,42-,43-,49+,62-,63-,64-/m0/s1. The number of halogens is 2. The number of benzene rings is 2. The molecule has 4 aromatic rings. The third kappa shape index (κ3) is 9.16. The van der Waals surface area contributed by atoms with E-state index in [0.717, 1.165) is 31.3 Å². The summed E-state index contributed by atoms with van der Waals surface area (Å²) in [5.41, 5.74) is -2.59. The van der Waals surface area contributed by atoms with Gasteiger partial charge in [-0.1, -0.05) is 25.5 Å². The molecule has 19 nitrogen and oxygen atoms in total. The Bertz CT molecular complexity index is 3690. The molecule has 2 saturated heterocycles. The highest BCUT2D eigenvalue weighted by Crippen LogP contribution is 2.67. The molecule has 5 saturated carbocycles. The Hall–Kier alpha value is -6.52. The first-order valence-corrected chi connectivity index (χ1v) is 30.2. The fourth-order valence-electron chi connectivity index (χ4n) is 16.5. The maximum absolute atomic E-state index is 17.3. The van der Waals surface area contributed by atoms with Gasteiger partial charge in [0.15, 0.2) is 34.7 Å². The summed E-state index contributed by atoms with van der Waals surface area (Å²) < 4.78 is 66.5. The van der Waals surface area contributed by atoms with Gasteiger partial charge in [-0.3, -0.25) is 24.1 Å². The van der Waals surface area contributed by atoms with Gasteiger partial charge in [-0.15, -0.1) is 0 Å². The van der Waals surface area contributed by atoms with E-state index in [9.17, 15) is 39.0 Å². The van der Waals surface area contributed by atoms with Crippen molar-refractivity contribution in [2.24, 2.45) is 28.6 Å². The van der Waals surface area contributed by atoms with Gasteiger partial charge in [0, 0.05) is 103 Å². The predicted molar refractivity (Wildman–Crippen MR) is 313 cm³/mol. The summed E-state index contributed by atoms with van der Waals surface area (Å²) in [5.74, 6) is -3.76. The second-order valence-corrected chi connectivity index (χ2v) is 25.7. The number of esters is 2. The summed E-state index contributed by atoms with van der Waals surface area (Å²) >= 11 is 0. The number of piperazine rings is 2. The van der Waals surface area contributed by atoms with Gasteiger partial charge in [-0.05, 0) is 116 Å². The van der Waals surface area contributed by atoms with Crippen LogP contribution in [0.1, 0.15) is 134 Å². The number of aliphatic hydroxyl groups is 2. The molecule has 2 aromatic carbocycles. The molecule has 2 aromatic heterocycles. The average Bonchev–Trinajstić information content (AvgIpc) is 1.74. The number of ether oxygens (including phenoxy) is 5. The quantitative estimate of drug-likeness (QED) is 0.0809. The average molecular weight is 1180 g/mol. The number of aliphatic hydroxyl groups excluding tert-OH is 1. The van der Waals surface area contributed by atoms with E-state index in [0.29, 0.717) is 76.1 Å². The molecule has 1 unspecified atom stereocenters. The number of ketones is 2. The lowest BCUT2D eigenvalue weighted by Gasteiger charge is -2.59.